The van der Waals surface area contributed by atoms with Gasteiger partial charge in [0.15, 0.2) is 0 Å². The average Bonchev–Trinajstić information content (AvgIpc) is 2.65. The molecule has 0 atom stereocenters. The predicted octanol–water partition coefficient (Wildman–Crippen LogP) is 0.599. The first-order valence-corrected chi connectivity index (χ1v) is 7.00. The van der Waals surface area contributed by atoms with Crippen molar-refractivity contribution in [3.05, 3.63) is 0 Å². The normalized spacial score (nSPS) is 17.6. The van der Waals surface area contributed by atoms with Crippen molar-refractivity contribution in [3.8, 4) is 0 Å². The van der Waals surface area contributed by atoms with Crippen LogP contribution in [0.1, 0.15) is 44.9 Å². The van der Waals surface area contributed by atoms with E-state index in [0.29, 0.717) is 12.8 Å². The minimum Gasteiger partial charge on any atom is -0.480 e. The molecular weight excluding hydrogens is 262 g/mol. The highest BCUT2D eigenvalue weighted by Crippen LogP contribution is 2.27. The maximum Gasteiger partial charge on any atom is 0.329 e. The lowest BCUT2D eigenvalue weighted by Gasteiger charge is -2.29. The SMILES string of the molecule is CNC(=O)CCNC(=O)NC1(C(=O)O)CCCCCC1. The molecule has 0 saturated heterocycles. The Morgan fingerprint density at radius 3 is 2.20 bits per heavy atom. The van der Waals surface area contributed by atoms with Gasteiger partial charge in [0, 0.05) is 20.0 Å². The highest BCUT2D eigenvalue weighted by molar-refractivity contribution is 5.86. The molecule has 114 valence electrons. The fourth-order valence-electron chi connectivity index (χ4n) is 2.40. The molecule has 1 saturated carbocycles. The van der Waals surface area contributed by atoms with Crippen LogP contribution in [0.15, 0.2) is 0 Å². The molecule has 7 nitrogen and oxygen atoms in total. The number of amides is 3. The summed E-state index contributed by atoms with van der Waals surface area (Å²) >= 11 is 0. The molecule has 1 rings (SSSR count). The molecule has 20 heavy (non-hydrogen) atoms. The maximum atomic E-state index is 11.8. The van der Waals surface area contributed by atoms with Gasteiger partial charge in [0.05, 0.1) is 0 Å². The van der Waals surface area contributed by atoms with E-state index in [2.05, 4.69) is 16.0 Å². The lowest BCUT2D eigenvalue weighted by Crippen LogP contribution is -2.57. The molecule has 0 radical (unpaired) electrons. The Balaban J connectivity index is 2.50. The van der Waals surface area contributed by atoms with Gasteiger partial charge in [-0.1, -0.05) is 25.7 Å². The summed E-state index contributed by atoms with van der Waals surface area (Å²) in [5.41, 5.74) is -1.17. The first-order chi connectivity index (χ1) is 9.50. The first-order valence-electron chi connectivity index (χ1n) is 7.00. The molecule has 0 spiro atoms. The van der Waals surface area contributed by atoms with Gasteiger partial charge >= 0.3 is 12.0 Å². The fourth-order valence-corrected chi connectivity index (χ4v) is 2.40. The van der Waals surface area contributed by atoms with Crippen molar-refractivity contribution in [1.29, 1.82) is 0 Å². The van der Waals surface area contributed by atoms with Crippen molar-refractivity contribution in [2.24, 2.45) is 0 Å². The molecule has 0 unspecified atom stereocenters. The molecule has 7 heteroatoms. The minimum atomic E-state index is -1.17. The van der Waals surface area contributed by atoms with Gasteiger partial charge in [-0.3, -0.25) is 4.79 Å². The van der Waals surface area contributed by atoms with Gasteiger partial charge in [-0.25, -0.2) is 9.59 Å². The lowest BCUT2D eigenvalue weighted by atomic mass is 9.90. The summed E-state index contributed by atoms with van der Waals surface area (Å²) in [5.74, 6) is -1.16. The highest BCUT2D eigenvalue weighted by atomic mass is 16.4. The number of nitrogens with one attached hydrogen (secondary N) is 3. The summed E-state index contributed by atoms with van der Waals surface area (Å²) in [5, 5.41) is 17.0. The number of carbonyl (C=O) groups excluding carboxylic acids is 2. The number of aliphatic carboxylic acids is 1. The molecule has 0 aromatic rings. The van der Waals surface area contributed by atoms with Crippen LogP contribution >= 0.6 is 0 Å². The predicted molar refractivity (Wildman–Crippen MR) is 73.3 cm³/mol. The van der Waals surface area contributed by atoms with Gasteiger partial charge in [-0.2, -0.15) is 0 Å². The van der Waals surface area contributed by atoms with Crippen LogP contribution in [-0.4, -0.2) is 42.1 Å². The van der Waals surface area contributed by atoms with Crippen molar-refractivity contribution < 1.29 is 19.5 Å². The van der Waals surface area contributed by atoms with Crippen molar-refractivity contribution >= 4 is 17.9 Å². The van der Waals surface area contributed by atoms with E-state index in [1.54, 1.807) is 0 Å². The second kappa shape index (κ2) is 7.72. The van der Waals surface area contributed by atoms with E-state index in [9.17, 15) is 19.5 Å². The Hall–Kier alpha value is -1.79. The van der Waals surface area contributed by atoms with Crippen LogP contribution in [0.5, 0.6) is 0 Å². The minimum absolute atomic E-state index is 0.171. The molecule has 3 amide bonds. The van der Waals surface area contributed by atoms with Crippen molar-refractivity contribution in [1.82, 2.24) is 16.0 Å². The molecule has 0 aromatic heterocycles. The molecule has 4 N–H and O–H groups in total. The topological polar surface area (TPSA) is 108 Å². The summed E-state index contributed by atoms with van der Waals surface area (Å²) < 4.78 is 0. The Labute approximate surface area is 118 Å². The smallest absolute Gasteiger partial charge is 0.329 e. The van der Waals surface area contributed by atoms with Gasteiger partial charge in [-0.15, -0.1) is 0 Å². The maximum absolute atomic E-state index is 11.8. The third-order valence-electron chi connectivity index (χ3n) is 3.64. The molecule has 0 bridgehead atoms. The lowest BCUT2D eigenvalue weighted by molar-refractivity contribution is -0.145. The quantitative estimate of drug-likeness (QED) is 0.555. The monoisotopic (exact) mass is 285 g/mol. The average molecular weight is 285 g/mol. The van der Waals surface area contributed by atoms with Crippen molar-refractivity contribution in [2.75, 3.05) is 13.6 Å². The van der Waals surface area contributed by atoms with E-state index in [1.165, 1.54) is 7.05 Å². The van der Waals surface area contributed by atoms with Crippen molar-refractivity contribution in [2.45, 2.75) is 50.5 Å². The summed E-state index contributed by atoms with van der Waals surface area (Å²) in [6, 6.07) is -0.529. The van der Waals surface area contributed by atoms with Gasteiger partial charge < -0.3 is 21.1 Å². The summed E-state index contributed by atoms with van der Waals surface area (Å²) in [6.45, 7) is 0.182. The molecular formula is C13H23N3O4. The van der Waals surface area contributed by atoms with Gasteiger partial charge in [0.2, 0.25) is 5.91 Å². The Morgan fingerprint density at radius 2 is 1.70 bits per heavy atom. The Kier molecular flexibility index (Phi) is 6.27. The molecule has 1 aliphatic rings. The number of carbonyl (C=O) groups is 3. The van der Waals surface area contributed by atoms with Crippen LogP contribution in [0.3, 0.4) is 0 Å². The summed E-state index contributed by atoms with van der Waals surface area (Å²) in [6.07, 6.45) is 4.65. The molecule has 0 heterocycles. The molecule has 1 fully saturated rings. The summed E-state index contributed by atoms with van der Waals surface area (Å²) in [4.78, 5) is 34.3. The first kappa shape index (κ1) is 16.3. The Morgan fingerprint density at radius 1 is 1.10 bits per heavy atom. The third-order valence-corrected chi connectivity index (χ3v) is 3.64. The number of carboxylic acid groups (broad SMARTS) is 1. The van der Waals surface area contributed by atoms with E-state index in [0.717, 1.165) is 25.7 Å². The van der Waals surface area contributed by atoms with Crippen molar-refractivity contribution in [3.63, 3.8) is 0 Å². The van der Waals surface area contributed by atoms with E-state index in [4.69, 9.17) is 0 Å². The van der Waals surface area contributed by atoms with Crippen LogP contribution in [0.25, 0.3) is 0 Å². The zero-order valence-electron chi connectivity index (χ0n) is 11.8. The number of carboxylic acids is 1. The molecule has 1 aliphatic carbocycles. The third kappa shape index (κ3) is 4.71. The zero-order chi connectivity index (χ0) is 15.0. The standard InChI is InChI=1S/C13H23N3O4/c1-14-10(17)6-9-15-12(20)16-13(11(18)19)7-4-2-3-5-8-13/h2-9H2,1H3,(H,14,17)(H,18,19)(H2,15,16,20). The largest absolute Gasteiger partial charge is 0.480 e. The number of hydrogen-bond acceptors (Lipinski definition) is 3. The van der Waals surface area contributed by atoms with E-state index in [1.807, 2.05) is 0 Å². The van der Waals surface area contributed by atoms with Crippen LogP contribution in [0.4, 0.5) is 4.79 Å². The summed E-state index contributed by atoms with van der Waals surface area (Å²) in [7, 11) is 1.52. The molecule has 0 aliphatic heterocycles. The van der Waals surface area contributed by atoms with E-state index < -0.39 is 17.5 Å². The van der Waals surface area contributed by atoms with Gasteiger partial charge in [-0.05, 0) is 12.8 Å². The Bertz CT molecular complexity index is 363. The number of urea groups is 1. The van der Waals surface area contributed by atoms with E-state index >= 15 is 0 Å². The number of hydrogen-bond donors (Lipinski definition) is 4. The molecule has 0 aromatic carbocycles. The van der Waals surface area contributed by atoms with Crippen LogP contribution in [0.2, 0.25) is 0 Å². The van der Waals surface area contributed by atoms with Gasteiger partial charge in [0.25, 0.3) is 0 Å². The fraction of sp³-hybridized carbons (Fsp3) is 0.769. The van der Waals surface area contributed by atoms with Gasteiger partial charge in [0.1, 0.15) is 5.54 Å². The van der Waals surface area contributed by atoms with Crippen LogP contribution < -0.4 is 16.0 Å². The zero-order valence-corrected chi connectivity index (χ0v) is 11.8. The second-order valence-electron chi connectivity index (χ2n) is 5.11. The van der Waals surface area contributed by atoms with E-state index in [-0.39, 0.29) is 18.9 Å². The second-order valence-corrected chi connectivity index (χ2v) is 5.11. The van der Waals surface area contributed by atoms with Crippen LogP contribution in [-0.2, 0) is 9.59 Å². The highest BCUT2D eigenvalue weighted by Gasteiger charge is 2.39. The number of rotatable bonds is 5. The van der Waals surface area contributed by atoms with Crippen LogP contribution in [0, 0.1) is 0 Å².